The average molecular weight is 277 g/mol. The van der Waals surface area contributed by atoms with Gasteiger partial charge in [0, 0.05) is 6.42 Å². The third kappa shape index (κ3) is 2.61. The standard InChI is InChI=1S/C13H12FN3O3/c14-10-4-2-1-3-9(10)7-11-15-12(20-16-11)8-17-5-6-19-13(17)18/h1-4H,5-8H2. The van der Waals surface area contributed by atoms with E-state index in [1.807, 2.05) is 0 Å². The Morgan fingerprint density at radius 2 is 2.20 bits per heavy atom. The normalized spacial score (nSPS) is 14.7. The summed E-state index contributed by atoms with van der Waals surface area (Å²) in [6.45, 7) is 1.09. The fraction of sp³-hybridized carbons (Fsp3) is 0.308. The van der Waals surface area contributed by atoms with Crippen LogP contribution < -0.4 is 0 Å². The van der Waals surface area contributed by atoms with Crippen LogP contribution in [0, 0.1) is 5.82 Å². The molecule has 104 valence electrons. The summed E-state index contributed by atoms with van der Waals surface area (Å²) < 4.78 is 23.4. The van der Waals surface area contributed by atoms with Crippen molar-refractivity contribution in [2.24, 2.45) is 0 Å². The van der Waals surface area contributed by atoms with Crippen molar-refractivity contribution in [2.45, 2.75) is 13.0 Å². The highest BCUT2D eigenvalue weighted by molar-refractivity contribution is 5.69. The molecular formula is C13H12FN3O3. The molecule has 1 amide bonds. The summed E-state index contributed by atoms with van der Waals surface area (Å²) >= 11 is 0. The van der Waals surface area contributed by atoms with Gasteiger partial charge in [-0.1, -0.05) is 23.4 Å². The van der Waals surface area contributed by atoms with E-state index in [1.54, 1.807) is 18.2 Å². The Kier molecular flexibility index (Phi) is 3.32. The number of rotatable bonds is 4. The fourth-order valence-corrected chi connectivity index (χ4v) is 1.97. The molecule has 1 aromatic carbocycles. The zero-order valence-electron chi connectivity index (χ0n) is 10.6. The Labute approximate surface area is 114 Å². The number of cyclic esters (lactones) is 1. The molecule has 0 spiro atoms. The zero-order valence-corrected chi connectivity index (χ0v) is 10.6. The van der Waals surface area contributed by atoms with E-state index in [9.17, 15) is 9.18 Å². The van der Waals surface area contributed by atoms with Crippen LogP contribution in [0.4, 0.5) is 9.18 Å². The summed E-state index contributed by atoms with van der Waals surface area (Å²) in [5, 5.41) is 3.79. The van der Waals surface area contributed by atoms with E-state index in [4.69, 9.17) is 9.26 Å². The number of hydrogen-bond donors (Lipinski definition) is 0. The van der Waals surface area contributed by atoms with Crippen molar-refractivity contribution in [3.8, 4) is 0 Å². The maximum absolute atomic E-state index is 13.5. The number of carbonyl (C=O) groups excluding carboxylic acids is 1. The third-order valence-corrected chi connectivity index (χ3v) is 2.99. The highest BCUT2D eigenvalue weighted by atomic mass is 19.1. The minimum atomic E-state index is -0.390. The molecule has 0 unspecified atom stereocenters. The van der Waals surface area contributed by atoms with Gasteiger partial charge in [0.15, 0.2) is 5.82 Å². The number of benzene rings is 1. The summed E-state index contributed by atoms with van der Waals surface area (Å²) in [7, 11) is 0. The molecule has 2 heterocycles. The number of ether oxygens (including phenoxy) is 1. The molecule has 0 bridgehead atoms. The predicted molar refractivity (Wildman–Crippen MR) is 65.3 cm³/mol. The number of hydrogen-bond acceptors (Lipinski definition) is 5. The Morgan fingerprint density at radius 3 is 2.95 bits per heavy atom. The van der Waals surface area contributed by atoms with Crippen molar-refractivity contribution in [1.82, 2.24) is 15.0 Å². The van der Waals surface area contributed by atoms with Crippen LogP contribution in [0.5, 0.6) is 0 Å². The van der Waals surface area contributed by atoms with Crippen molar-refractivity contribution in [3.05, 3.63) is 47.4 Å². The van der Waals surface area contributed by atoms with E-state index in [0.717, 1.165) is 0 Å². The first-order chi connectivity index (χ1) is 9.72. The maximum atomic E-state index is 13.5. The predicted octanol–water partition coefficient (Wildman–Crippen LogP) is 1.75. The summed E-state index contributed by atoms with van der Waals surface area (Å²) in [5.74, 6) is 0.398. The number of aromatic nitrogens is 2. The monoisotopic (exact) mass is 277 g/mol. The molecule has 1 aromatic heterocycles. The first kappa shape index (κ1) is 12.6. The first-order valence-corrected chi connectivity index (χ1v) is 6.19. The van der Waals surface area contributed by atoms with Gasteiger partial charge in [-0.2, -0.15) is 4.98 Å². The molecule has 0 radical (unpaired) electrons. The molecule has 7 heteroatoms. The van der Waals surface area contributed by atoms with Gasteiger partial charge in [0.05, 0.1) is 6.54 Å². The van der Waals surface area contributed by atoms with Crippen LogP contribution in [0.2, 0.25) is 0 Å². The van der Waals surface area contributed by atoms with Gasteiger partial charge in [-0.3, -0.25) is 4.90 Å². The SMILES string of the molecule is O=C1OCCN1Cc1nc(Cc2ccccc2F)no1. The lowest BCUT2D eigenvalue weighted by atomic mass is 10.1. The van der Waals surface area contributed by atoms with E-state index in [0.29, 0.717) is 30.4 Å². The lowest BCUT2D eigenvalue weighted by Crippen LogP contribution is -2.23. The van der Waals surface area contributed by atoms with Gasteiger partial charge >= 0.3 is 6.09 Å². The molecule has 0 saturated carbocycles. The topological polar surface area (TPSA) is 68.5 Å². The molecule has 1 aliphatic rings. The van der Waals surface area contributed by atoms with Gasteiger partial charge in [-0.15, -0.1) is 0 Å². The van der Waals surface area contributed by atoms with Gasteiger partial charge in [0.1, 0.15) is 19.0 Å². The lowest BCUT2D eigenvalue weighted by Gasteiger charge is -2.07. The largest absolute Gasteiger partial charge is 0.448 e. The highest BCUT2D eigenvalue weighted by Gasteiger charge is 2.24. The van der Waals surface area contributed by atoms with Crippen LogP contribution in [0.15, 0.2) is 28.8 Å². The minimum absolute atomic E-state index is 0.211. The van der Waals surface area contributed by atoms with Gasteiger partial charge < -0.3 is 9.26 Å². The lowest BCUT2D eigenvalue weighted by molar-refractivity contribution is 0.154. The summed E-state index contributed by atoms with van der Waals surface area (Å²) in [6, 6.07) is 6.43. The highest BCUT2D eigenvalue weighted by Crippen LogP contribution is 2.13. The summed E-state index contributed by atoms with van der Waals surface area (Å²) in [4.78, 5) is 16.9. The molecule has 0 atom stereocenters. The van der Waals surface area contributed by atoms with Crippen LogP contribution >= 0.6 is 0 Å². The zero-order chi connectivity index (χ0) is 13.9. The molecule has 2 aromatic rings. The van der Waals surface area contributed by atoms with Crippen LogP contribution in [-0.2, 0) is 17.7 Å². The van der Waals surface area contributed by atoms with E-state index < -0.39 is 0 Å². The van der Waals surface area contributed by atoms with E-state index >= 15 is 0 Å². The smallest absolute Gasteiger partial charge is 0.410 e. The van der Waals surface area contributed by atoms with E-state index in [2.05, 4.69) is 10.1 Å². The number of halogens is 1. The fourth-order valence-electron chi connectivity index (χ4n) is 1.97. The van der Waals surface area contributed by atoms with Crippen LogP contribution in [-0.4, -0.2) is 34.3 Å². The van der Waals surface area contributed by atoms with Gasteiger partial charge in [0.2, 0.25) is 5.89 Å². The Morgan fingerprint density at radius 1 is 1.35 bits per heavy atom. The minimum Gasteiger partial charge on any atom is -0.448 e. The second kappa shape index (κ2) is 5.28. The summed E-state index contributed by atoms with van der Waals surface area (Å²) in [5.41, 5.74) is 0.500. The molecule has 0 aliphatic carbocycles. The molecular weight excluding hydrogens is 265 g/mol. The number of amides is 1. The van der Waals surface area contributed by atoms with Crippen molar-refractivity contribution in [2.75, 3.05) is 13.2 Å². The molecule has 1 saturated heterocycles. The second-order valence-electron chi connectivity index (χ2n) is 4.41. The van der Waals surface area contributed by atoms with Crippen LogP contribution in [0.3, 0.4) is 0 Å². The van der Waals surface area contributed by atoms with Crippen molar-refractivity contribution < 1.29 is 18.4 Å². The number of carbonyl (C=O) groups is 1. The number of nitrogens with zero attached hydrogens (tertiary/aromatic N) is 3. The van der Waals surface area contributed by atoms with Crippen molar-refractivity contribution >= 4 is 6.09 Å². The molecule has 3 rings (SSSR count). The second-order valence-corrected chi connectivity index (χ2v) is 4.41. The molecule has 1 aliphatic heterocycles. The Balaban J connectivity index is 1.68. The Bertz CT molecular complexity index is 629. The van der Waals surface area contributed by atoms with Crippen molar-refractivity contribution in [1.29, 1.82) is 0 Å². The van der Waals surface area contributed by atoms with E-state index in [1.165, 1.54) is 11.0 Å². The van der Waals surface area contributed by atoms with Crippen LogP contribution in [0.25, 0.3) is 0 Å². The van der Waals surface area contributed by atoms with Crippen LogP contribution in [0.1, 0.15) is 17.3 Å². The molecule has 0 N–H and O–H groups in total. The van der Waals surface area contributed by atoms with Crippen molar-refractivity contribution in [3.63, 3.8) is 0 Å². The third-order valence-electron chi connectivity index (χ3n) is 2.99. The summed E-state index contributed by atoms with van der Waals surface area (Å²) in [6.07, 6.45) is -0.139. The van der Waals surface area contributed by atoms with Gasteiger partial charge in [-0.25, -0.2) is 9.18 Å². The first-order valence-electron chi connectivity index (χ1n) is 6.19. The average Bonchev–Trinajstić information content (AvgIpc) is 3.03. The van der Waals surface area contributed by atoms with Gasteiger partial charge in [-0.05, 0) is 11.6 Å². The van der Waals surface area contributed by atoms with Gasteiger partial charge in [0.25, 0.3) is 0 Å². The maximum Gasteiger partial charge on any atom is 0.410 e. The molecule has 20 heavy (non-hydrogen) atoms. The molecule has 6 nitrogen and oxygen atoms in total. The Hall–Kier alpha value is -2.44. The quantitative estimate of drug-likeness (QED) is 0.851. The molecule has 1 fully saturated rings. The van der Waals surface area contributed by atoms with E-state index in [-0.39, 0.29) is 24.9 Å².